The highest BCUT2D eigenvalue weighted by Gasteiger charge is 2.13. The lowest BCUT2D eigenvalue weighted by Crippen LogP contribution is -2.00. The van der Waals surface area contributed by atoms with Crippen LogP contribution in [0.4, 0.5) is 0 Å². The summed E-state index contributed by atoms with van der Waals surface area (Å²) < 4.78 is 1.81. The second kappa shape index (κ2) is 4.55. The molecule has 0 atom stereocenters. The van der Waals surface area contributed by atoms with Gasteiger partial charge in [-0.3, -0.25) is 4.57 Å². The smallest absolute Gasteiger partial charge is 0.205 e. The third-order valence-electron chi connectivity index (χ3n) is 2.62. The number of benzene rings is 1. The predicted octanol–water partition coefficient (Wildman–Crippen LogP) is 3.18. The highest BCUT2D eigenvalue weighted by atomic mass is 35.5. The van der Waals surface area contributed by atoms with Crippen LogP contribution in [0.2, 0.25) is 10.4 Å². The summed E-state index contributed by atoms with van der Waals surface area (Å²) in [6.07, 6.45) is 1.41. The van der Waals surface area contributed by atoms with Crippen molar-refractivity contribution in [1.29, 1.82) is 0 Å². The first-order valence-corrected chi connectivity index (χ1v) is 6.07. The zero-order valence-electron chi connectivity index (χ0n) is 9.22. The number of hydrogen-bond donors (Lipinski definition) is 0. The number of imidazole rings is 1. The van der Waals surface area contributed by atoms with Crippen LogP contribution >= 0.6 is 23.2 Å². The quantitative estimate of drug-likeness (QED) is 0.534. The Morgan fingerprint density at radius 2 is 1.83 bits per heavy atom. The van der Waals surface area contributed by atoms with Gasteiger partial charge in [-0.05, 0) is 17.2 Å². The van der Waals surface area contributed by atoms with Gasteiger partial charge in [0.05, 0.1) is 6.54 Å². The fourth-order valence-electron chi connectivity index (χ4n) is 1.79. The number of rotatable bonds is 2. The van der Waals surface area contributed by atoms with Crippen LogP contribution in [0.1, 0.15) is 5.56 Å². The van der Waals surface area contributed by atoms with E-state index in [1.165, 1.54) is 6.33 Å². The molecule has 0 bridgehead atoms. The van der Waals surface area contributed by atoms with Crippen molar-refractivity contribution in [2.75, 3.05) is 0 Å². The van der Waals surface area contributed by atoms with Crippen LogP contribution in [0.5, 0.6) is 0 Å². The molecule has 0 saturated carbocycles. The van der Waals surface area contributed by atoms with E-state index >= 15 is 0 Å². The Morgan fingerprint density at radius 3 is 2.61 bits per heavy atom. The van der Waals surface area contributed by atoms with Crippen LogP contribution in [0, 0.1) is 0 Å². The third kappa shape index (κ3) is 1.94. The minimum atomic E-state index is 0.314. The van der Waals surface area contributed by atoms with Gasteiger partial charge >= 0.3 is 0 Å². The van der Waals surface area contributed by atoms with Crippen molar-refractivity contribution in [2.24, 2.45) is 0 Å². The predicted molar refractivity (Wildman–Crippen MR) is 70.9 cm³/mol. The van der Waals surface area contributed by atoms with Crippen molar-refractivity contribution >= 4 is 34.4 Å². The van der Waals surface area contributed by atoms with E-state index in [4.69, 9.17) is 23.2 Å². The van der Waals surface area contributed by atoms with Crippen molar-refractivity contribution in [2.45, 2.75) is 6.54 Å². The Labute approximate surface area is 113 Å². The molecule has 18 heavy (non-hydrogen) atoms. The van der Waals surface area contributed by atoms with Gasteiger partial charge in [0.15, 0.2) is 10.8 Å². The van der Waals surface area contributed by atoms with Gasteiger partial charge in [-0.25, -0.2) is 15.0 Å². The summed E-state index contributed by atoms with van der Waals surface area (Å²) in [7, 11) is 0. The first-order chi connectivity index (χ1) is 8.75. The van der Waals surface area contributed by atoms with Gasteiger partial charge in [-0.15, -0.1) is 0 Å². The molecule has 1 aromatic carbocycles. The van der Waals surface area contributed by atoms with E-state index in [9.17, 15) is 0 Å². The molecule has 0 aliphatic rings. The second-order valence-electron chi connectivity index (χ2n) is 3.79. The maximum Gasteiger partial charge on any atom is 0.205 e. The second-order valence-corrected chi connectivity index (χ2v) is 4.49. The molecule has 0 fully saturated rings. The lowest BCUT2D eigenvalue weighted by Gasteiger charge is -2.04. The third-order valence-corrected chi connectivity index (χ3v) is 3.19. The normalized spacial score (nSPS) is 11.0. The summed E-state index contributed by atoms with van der Waals surface area (Å²) in [5.74, 6) is 0. The number of hydrogen-bond acceptors (Lipinski definition) is 3. The Kier molecular flexibility index (Phi) is 2.89. The first-order valence-electron chi connectivity index (χ1n) is 5.32. The van der Waals surface area contributed by atoms with Crippen LogP contribution < -0.4 is 0 Å². The average Bonchev–Trinajstić information content (AvgIpc) is 2.70. The summed E-state index contributed by atoms with van der Waals surface area (Å²) in [5, 5.41) is 0.671. The largest absolute Gasteiger partial charge is 0.295 e. The van der Waals surface area contributed by atoms with Gasteiger partial charge < -0.3 is 0 Å². The van der Waals surface area contributed by atoms with Crippen LogP contribution in [0.15, 0.2) is 36.7 Å². The standard InChI is InChI=1S/C12H8Cl2N4/c13-10-9-11(16-7-15-10)18(12(14)17-9)6-8-4-2-1-3-5-8/h1-5,7H,6H2. The maximum absolute atomic E-state index is 6.11. The minimum Gasteiger partial charge on any atom is -0.295 e. The minimum absolute atomic E-state index is 0.314. The molecular formula is C12H8Cl2N4. The monoisotopic (exact) mass is 278 g/mol. The molecule has 0 aliphatic heterocycles. The fourth-order valence-corrected chi connectivity index (χ4v) is 2.18. The van der Waals surface area contributed by atoms with Gasteiger partial charge in [0, 0.05) is 0 Å². The molecule has 2 aromatic heterocycles. The molecule has 0 radical (unpaired) electrons. The van der Waals surface area contributed by atoms with Crippen LogP contribution in [-0.4, -0.2) is 19.5 Å². The molecule has 2 heterocycles. The van der Waals surface area contributed by atoms with E-state index in [0.29, 0.717) is 28.1 Å². The van der Waals surface area contributed by atoms with E-state index in [1.54, 1.807) is 4.57 Å². The molecule has 3 aromatic rings. The first kappa shape index (κ1) is 11.4. The molecule has 0 spiro atoms. The van der Waals surface area contributed by atoms with E-state index in [-0.39, 0.29) is 0 Å². The Hall–Kier alpha value is -1.65. The summed E-state index contributed by atoms with van der Waals surface area (Å²) in [6, 6.07) is 9.96. The van der Waals surface area contributed by atoms with E-state index in [0.717, 1.165) is 5.56 Å². The molecule has 3 rings (SSSR count). The summed E-state index contributed by atoms with van der Waals surface area (Å²) in [6.45, 7) is 0.601. The number of fused-ring (bicyclic) bond motifs is 1. The molecule has 90 valence electrons. The summed E-state index contributed by atoms with van der Waals surface area (Å²) in [5.41, 5.74) is 2.29. The van der Waals surface area contributed by atoms with E-state index < -0.39 is 0 Å². The van der Waals surface area contributed by atoms with Gasteiger partial charge in [-0.1, -0.05) is 41.9 Å². The van der Waals surface area contributed by atoms with Gasteiger partial charge in [-0.2, -0.15) is 0 Å². The lowest BCUT2D eigenvalue weighted by atomic mass is 10.2. The van der Waals surface area contributed by atoms with Crippen molar-refractivity contribution < 1.29 is 0 Å². The molecule has 0 unspecified atom stereocenters. The maximum atomic E-state index is 6.11. The molecule has 6 heteroatoms. The summed E-state index contributed by atoms with van der Waals surface area (Å²) in [4.78, 5) is 12.2. The topological polar surface area (TPSA) is 43.6 Å². The van der Waals surface area contributed by atoms with Crippen molar-refractivity contribution in [3.63, 3.8) is 0 Å². The van der Waals surface area contributed by atoms with E-state index in [1.807, 2.05) is 30.3 Å². The molecule has 0 amide bonds. The lowest BCUT2D eigenvalue weighted by molar-refractivity contribution is 0.814. The molecule has 0 aliphatic carbocycles. The summed E-state index contributed by atoms with van der Waals surface area (Å²) >= 11 is 12.1. The van der Waals surface area contributed by atoms with Crippen molar-refractivity contribution in [1.82, 2.24) is 19.5 Å². The number of halogens is 2. The Morgan fingerprint density at radius 1 is 1.06 bits per heavy atom. The number of nitrogens with zero attached hydrogens (tertiary/aromatic N) is 4. The molecule has 0 N–H and O–H groups in total. The van der Waals surface area contributed by atoms with Crippen LogP contribution in [0.25, 0.3) is 11.2 Å². The Bertz CT molecular complexity index is 694. The number of aromatic nitrogens is 4. The Balaban J connectivity index is 2.12. The molecular weight excluding hydrogens is 271 g/mol. The van der Waals surface area contributed by atoms with Crippen LogP contribution in [-0.2, 0) is 6.54 Å². The van der Waals surface area contributed by atoms with Gasteiger partial charge in [0.2, 0.25) is 5.28 Å². The highest BCUT2D eigenvalue weighted by molar-refractivity contribution is 6.34. The van der Waals surface area contributed by atoms with Gasteiger partial charge in [0.1, 0.15) is 11.8 Å². The highest BCUT2D eigenvalue weighted by Crippen LogP contribution is 2.23. The van der Waals surface area contributed by atoms with Crippen LogP contribution in [0.3, 0.4) is 0 Å². The average molecular weight is 279 g/mol. The zero-order valence-corrected chi connectivity index (χ0v) is 10.7. The molecule has 0 saturated heterocycles. The zero-order chi connectivity index (χ0) is 12.5. The fraction of sp³-hybridized carbons (Fsp3) is 0.0833. The van der Waals surface area contributed by atoms with Gasteiger partial charge in [0.25, 0.3) is 0 Å². The SMILES string of the molecule is Clc1ncnc2c1nc(Cl)n2Cc1ccccc1. The molecule has 4 nitrogen and oxygen atoms in total. The van der Waals surface area contributed by atoms with Crippen molar-refractivity contribution in [3.8, 4) is 0 Å². The van der Waals surface area contributed by atoms with E-state index in [2.05, 4.69) is 15.0 Å². The van der Waals surface area contributed by atoms with Crippen molar-refractivity contribution in [3.05, 3.63) is 52.7 Å².